The highest BCUT2D eigenvalue weighted by Crippen LogP contribution is 2.43. The molecule has 1 aromatic carbocycles. The van der Waals surface area contributed by atoms with Gasteiger partial charge in [0.2, 0.25) is 0 Å². The maximum atomic E-state index is 13.3. The molecule has 0 aliphatic carbocycles. The first-order valence-corrected chi connectivity index (χ1v) is 12.6. The summed E-state index contributed by atoms with van der Waals surface area (Å²) in [5, 5.41) is 7.89. The van der Waals surface area contributed by atoms with E-state index in [1.165, 1.54) is 6.07 Å². The highest BCUT2D eigenvalue weighted by molar-refractivity contribution is 7.90. The molecule has 5 rings (SSSR count). The van der Waals surface area contributed by atoms with Gasteiger partial charge in [0.25, 0.3) is 5.91 Å². The Bertz CT molecular complexity index is 1220. The van der Waals surface area contributed by atoms with Crippen molar-refractivity contribution < 1.29 is 35.9 Å². The van der Waals surface area contributed by atoms with Gasteiger partial charge in [-0.15, -0.1) is 13.2 Å². The van der Waals surface area contributed by atoms with Crippen LogP contribution >= 0.6 is 0 Å². The van der Waals surface area contributed by atoms with E-state index >= 15 is 0 Å². The highest BCUT2D eigenvalue weighted by atomic mass is 32.2. The second kappa shape index (κ2) is 8.54. The second-order valence-corrected chi connectivity index (χ2v) is 10.4. The Balaban J connectivity index is 1.66. The van der Waals surface area contributed by atoms with E-state index < -0.39 is 27.7 Å². The van der Waals surface area contributed by atoms with Crippen LogP contribution in [-0.2, 0) is 20.3 Å². The van der Waals surface area contributed by atoms with E-state index in [-0.39, 0.29) is 33.7 Å². The van der Waals surface area contributed by atoms with E-state index in [9.17, 15) is 26.4 Å². The third-order valence-corrected chi connectivity index (χ3v) is 7.91. The lowest BCUT2D eigenvalue weighted by molar-refractivity contribution is -0.274. The highest BCUT2D eigenvalue weighted by Gasteiger charge is 2.39. The third kappa shape index (κ3) is 4.27. The first kappa shape index (κ1) is 23.1. The molecule has 0 spiro atoms. The molecule has 0 saturated carbocycles. The summed E-state index contributed by atoms with van der Waals surface area (Å²) in [6, 6.07) is 3.13. The van der Waals surface area contributed by atoms with Gasteiger partial charge < -0.3 is 19.7 Å². The smallest absolute Gasteiger partial charge is 0.406 e. The SMILES string of the molecule is O=C(c1nn(C2CCCNC2)c2c1CS(=O)(=O)c1cc(OC(F)(F)F)ccc1-2)N1CCOCC1. The van der Waals surface area contributed by atoms with Crippen LogP contribution in [0.2, 0.25) is 0 Å². The van der Waals surface area contributed by atoms with Crippen LogP contribution in [0, 0.1) is 0 Å². The van der Waals surface area contributed by atoms with Crippen LogP contribution in [0.1, 0.15) is 34.9 Å². The Labute approximate surface area is 193 Å². The van der Waals surface area contributed by atoms with Crippen molar-refractivity contribution in [3.05, 3.63) is 29.5 Å². The summed E-state index contributed by atoms with van der Waals surface area (Å²) in [6.07, 6.45) is -3.32. The number of morpholine rings is 1. The molecule has 9 nitrogen and oxygen atoms in total. The van der Waals surface area contributed by atoms with Crippen molar-refractivity contribution in [3.63, 3.8) is 0 Å². The number of carbonyl (C=O) groups is 1. The zero-order valence-electron chi connectivity index (χ0n) is 18.1. The summed E-state index contributed by atoms with van der Waals surface area (Å²) in [4.78, 5) is 14.7. The maximum Gasteiger partial charge on any atom is 0.573 e. The Kier molecular flexibility index (Phi) is 5.81. The van der Waals surface area contributed by atoms with Gasteiger partial charge in [0, 0.05) is 30.8 Å². The second-order valence-electron chi connectivity index (χ2n) is 8.49. The number of aromatic nitrogens is 2. The fourth-order valence-corrected chi connectivity index (χ4v) is 6.31. The Morgan fingerprint density at radius 1 is 1.24 bits per heavy atom. The largest absolute Gasteiger partial charge is 0.573 e. The summed E-state index contributed by atoms with van der Waals surface area (Å²) in [5.74, 6) is -1.53. The predicted molar refractivity (Wildman–Crippen MR) is 113 cm³/mol. The fourth-order valence-electron chi connectivity index (χ4n) is 4.71. The fraction of sp³-hybridized carbons (Fsp3) is 0.524. The van der Waals surface area contributed by atoms with Crippen molar-refractivity contribution in [2.24, 2.45) is 0 Å². The minimum atomic E-state index is -4.95. The Morgan fingerprint density at radius 2 is 2.00 bits per heavy atom. The van der Waals surface area contributed by atoms with Gasteiger partial charge in [-0.05, 0) is 37.6 Å². The minimum Gasteiger partial charge on any atom is -0.406 e. The zero-order valence-corrected chi connectivity index (χ0v) is 18.9. The lowest BCUT2D eigenvalue weighted by Gasteiger charge is -2.27. The van der Waals surface area contributed by atoms with Gasteiger partial charge in [-0.1, -0.05) is 0 Å². The van der Waals surface area contributed by atoms with E-state index in [1.807, 2.05) is 0 Å². The number of amides is 1. The standard InChI is InChI=1S/C21H23F3N4O5S/c22-21(23,24)33-14-3-4-15-17(10-14)34(30,31)12-16-18(20(29)27-6-8-32-9-7-27)26-28(19(15)16)13-2-1-5-25-11-13/h3-4,10,13,25H,1-2,5-9,11-12H2. The molecule has 2 fully saturated rings. The predicted octanol–water partition coefficient (Wildman–Crippen LogP) is 2.13. The number of carbonyl (C=O) groups excluding carboxylic acids is 1. The number of piperidine rings is 1. The van der Waals surface area contributed by atoms with Gasteiger partial charge >= 0.3 is 6.36 Å². The normalized spacial score (nSPS) is 22.1. The van der Waals surface area contributed by atoms with Crippen LogP contribution in [0.5, 0.6) is 5.75 Å². The van der Waals surface area contributed by atoms with Gasteiger partial charge in [-0.25, -0.2) is 8.42 Å². The molecule has 2 aromatic rings. The number of nitrogens with zero attached hydrogens (tertiary/aromatic N) is 3. The van der Waals surface area contributed by atoms with E-state index in [0.29, 0.717) is 38.5 Å². The lowest BCUT2D eigenvalue weighted by Crippen LogP contribution is -2.41. The monoisotopic (exact) mass is 500 g/mol. The van der Waals surface area contributed by atoms with Crippen LogP contribution in [0.3, 0.4) is 0 Å². The number of hydrogen-bond acceptors (Lipinski definition) is 7. The number of alkyl halides is 3. The van der Waals surface area contributed by atoms with Gasteiger partial charge in [-0.3, -0.25) is 9.48 Å². The van der Waals surface area contributed by atoms with Gasteiger partial charge in [0.05, 0.1) is 35.6 Å². The molecule has 2 saturated heterocycles. The summed E-state index contributed by atoms with van der Waals surface area (Å²) < 4.78 is 75.5. The lowest BCUT2D eigenvalue weighted by atomic mass is 10.0. The molecule has 0 bridgehead atoms. The number of halogens is 3. The summed E-state index contributed by atoms with van der Waals surface area (Å²) in [6.45, 7) is 2.91. The van der Waals surface area contributed by atoms with Crippen LogP contribution in [0.15, 0.2) is 23.1 Å². The zero-order chi connectivity index (χ0) is 24.1. The number of fused-ring (bicyclic) bond motifs is 3. The number of benzene rings is 1. The van der Waals surface area contributed by atoms with Gasteiger partial charge in [-0.2, -0.15) is 5.10 Å². The van der Waals surface area contributed by atoms with Crippen molar-refractivity contribution in [1.82, 2.24) is 20.0 Å². The van der Waals surface area contributed by atoms with Gasteiger partial charge in [0.15, 0.2) is 15.5 Å². The average Bonchev–Trinajstić information content (AvgIpc) is 3.17. The summed E-state index contributed by atoms with van der Waals surface area (Å²) in [5.41, 5.74) is 1.01. The molecule has 3 aliphatic heterocycles. The molecule has 1 N–H and O–H groups in total. The Morgan fingerprint density at radius 3 is 2.68 bits per heavy atom. The molecule has 0 radical (unpaired) electrons. The van der Waals surface area contributed by atoms with Crippen molar-refractivity contribution >= 4 is 15.7 Å². The number of rotatable bonds is 3. The molecule has 1 amide bonds. The van der Waals surface area contributed by atoms with Crippen molar-refractivity contribution in [1.29, 1.82) is 0 Å². The quantitative estimate of drug-likeness (QED) is 0.689. The number of hydrogen-bond donors (Lipinski definition) is 1. The molecule has 3 aliphatic rings. The van der Waals surface area contributed by atoms with E-state index in [1.54, 1.807) is 9.58 Å². The molecule has 4 heterocycles. The first-order valence-electron chi connectivity index (χ1n) is 11.0. The molecule has 1 atom stereocenters. The first-order chi connectivity index (χ1) is 16.1. The molecule has 13 heteroatoms. The molecule has 1 unspecified atom stereocenters. The van der Waals surface area contributed by atoms with Crippen molar-refractivity contribution in [3.8, 4) is 17.0 Å². The van der Waals surface area contributed by atoms with Gasteiger partial charge in [0.1, 0.15) is 5.75 Å². The molecule has 34 heavy (non-hydrogen) atoms. The van der Waals surface area contributed by atoms with E-state index in [4.69, 9.17) is 4.74 Å². The van der Waals surface area contributed by atoms with Crippen LogP contribution in [-0.4, -0.2) is 74.8 Å². The Hall–Kier alpha value is -2.64. The van der Waals surface area contributed by atoms with Crippen LogP contribution in [0.25, 0.3) is 11.3 Å². The van der Waals surface area contributed by atoms with Crippen LogP contribution < -0.4 is 10.1 Å². The molecular weight excluding hydrogens is 477 g/mol. The number of ether oxygens (including phenoxy) is 2. The molecule has 184 valence electrons. The molecule has 1 aromatic heterocycles. The third-order valence-electron chi connectivity index (χ3n) is 6.24. The maximum absolute atomic E-state index is 13.3. The average molecular weight is 500 g/mol. The summed E-state index contributed by atoms with van der Waals surface area (Å²) >= 11 is 0. The number of sulfone groups is 1. The minimum absolute atomic E-state index is 0.0623. The van der Waals surface area contributed by atoms with Crippen molar-refractivity contribution in [2.75, 3.05) is 39.4 Å². The van der Waals surface area contributed by atoms with Crippen LogP contribution in [0.4, 0.5) is 13.2 Å². The topological polar surface area (TPSA) is 103 Å². The van der Waals surface area contributed by atoms with Crippen molar-refractivity contribution in [2.45, 2.75) is 35.9 Å². The van der Waals surface area contributed by atoms with E-state index in [2.05, 4.69) is 15.2 Å². The number of nitrogens with one attached hydrogen (secondary N) is 1. The summed E-state index contributed by atoms with van der Waals surface area (Å²) in [7, 11) is -4.05. The van der Waals surface area contributed by atoms with E-state index in [0.717, 1.165) is 31.5 Å². The molecular formula is C21H23F3N4O5S.